The molecule has 0 bridgehead atoms. The first kappa shape index (κ1) is 18.8. The van der Waals surface area contributed by atoms with Crippen LogP contribution in [0.4, 0.5) is 4.79 Å². The first-order chi connectivity index (χ1) is 11.9. The van der Waals surface area contributed by atoms with Crippen LogP contribution in [0, 0.1) is 0 Å². The lowest BCUT2D eigenvalue weighted by atomic mass is 10.1. The van der Waals surface area contributed by atoms with E-state index in [0.717, 1.165) is 15.4 Å². The molecule has 3 amide bonds. The van der Waals surface area contributed by atoms with Gasteiger partial charge in [0, 0.05) is 28.1 Å². The highest BCUT2D eigenvalue weighted by Crippen LogP contribution is 2.20. The van der Waals surface area contributed by atoms with Crippen molar-refractivity contribution in [1.29, 1.82) is 0 Å². The number of aliphatic carboxylic acids is 1. The van der Waals surface area contributed by atoms with Gasteiger partial charge >= 0.3 is 12.0 Å². The SMILES string of the molecule is NC(=O)NCCC[C@@H](NC(=O)Cn1ccc2cc(Br)ccc21)C(=O)O. The summed E-state index contributed by atoms with van der Waals surface area (Å²) in [6.07, 6.45) is 2.37. The molecular formula is C16H19BrN4O4. The van der Waals surface area contributed by atoms with E-state index >= 15 is 0 Å². The van der Waals surface area contributed by atoms with Crippen molar-refractivity contribution in [3.63, 3.8) is 0 Å². The van der Waals surface area contributed by atoms with Crippen molar-refractivity contribution in [2.24, 2.45) is 5.73 Å². The lowest BCUT2D eigenvalue weighted by molar-refractivity contribution is -0.142. The Bertz CT molecular complexity index is 790. The Morgan fingerprint density at radius 1 is 1.28 bits per heavy atom. The van der Waals surface area contributed by atoms with E-state index in [1.165, 1.54) is 0 Å². The molecule has 0 aliphatic rings. The standard InChI is InChI=1S/C16H19BrN4O4/c17-11-3-4-13-10(8-11)5-7-21(13)9-14(22)20-12(15(23)24)2-1-6-19-16(18)25/h3-5,7-8,12H,1-2,6,9H2,(H,20,22)(H,23,24)(H3,18,19,25)/t12-/m1/s1. The van der Waals surface area contributed by atoms with E-state index < -0.39 is 23.9 Å². The van der Waals surface area contributed by atoms with E-state index in [9.17, 15) is 19.5 Å². The van der Waals surface area contributed by atoms with Gasteiger partial charge in [0.05, 0.1) is 0 Å². The number of rotatable bonds is 8. The molecular weight excluding hydrogens is 392 g/mol. The minimum Gasteiger partial charge on any atom is -0.480 e. The van der Waals surface area contributed by atoms with Crippen LogP contribution in [-0.4, -0.2) is 40.2 Å². The summed E-state index contributed by atoms with van der Waals surface area (Å²) in [5.74, 6) is -1.51. The number of hydrogen-bond acceptors (Lipinski definition) is 3. The summed E-state index contributed by atoms with van der Waals surface area (Å²) in [7, 11) is 0. The van der Waals surface area contributed by atoms with Crippen LogP contribution in [-0.2, 0) is 16.1 Å². The summed E-state index contributed by atoms with van der Waals surface area (Å²) in [4.78, 5) is 34.0. The number of carboxylic acids is 1. The maximum Gasteiger partial charge on any atom is 0.326 e. The number of fused-ring (bicyclic) bond motifs is 1. The van der Waals surface area contributed by atoms with Crippen molar-refractivity contribution >= 4 is 44.7 Å². The summed E-state index contributed by atoms with van der Waals surface area (Å²) < 4.78 is 2.70. The van der Waals surface area contributed by atoms with Crippen LogP contribution < -0.4 is 16.4 Å². The van der Waals surface area contributed by atoms with Crippen LogP contribution in [0.25, 0.3) is 10.9 Å². The average Bonchev–Trinajstić information content (AvgIpc) is 2.91. The Labute approximate surface area is 152 Å². The van der Waals surface area contributed by atoms with Crippen molar-refractivity contribution in [2.45, 2.75) is 25.4 Å². The molecule has 0 aliphatic heterocycles. The number of nitrogens with zero attached hydrogens (tertiary/aromatic N) is 1. The maximum atomic E-state index is 12.2. The second kappa shape index (κ2) is 8.52. The first-order valence-electron chi connectivity index (χ1n) is 7.66. The zero-order valence-corrected chi connectivity index (χ0v) is 15.0. The molecule has 5 N–H and O–H groups in total. The Hall–Kier alpha value is -2.55. The number of amides is 3. The van der Waals surface area contributed by atoms with Gasteiger partial charge in [0.15, 0.2) is 0 Å². The molecule has 1 aromatic carbocycles. The average molecular weight is 411 g/mol. The zero-order chi connectivity index (χ0) is 18.4. The fourth-order valence-electron chi connectivity index (χ4n) is 2.48. The van der Waals surface area contributed by atoms with Crippen LogP contribution >= 0.6 is 15.9 Å². The largest absolute Gasteiger partial charge is 0.480 e. The van der Waals surface area contributed by atoms with E-state index in [1.54, 1.807) is 10.8 Å². The number of benzene rings is 1. The van der Waals surface area contributed by atoms with Crippen molar-refractivity contribution in [1.82, 2.24) is 15.2 Å². The van der Waals surface area contributed by atoms with E-state index in [-0.39, 0.29) is 19.5 Å². The number of aromatic nitrogens is 1. The molecule has 0 saturated heterocycles. The smallest absolute Gasteiger partial charge is 0.326 e. The van der Waals surface area contributed by atoms with E-state index in [0.29, 0.717) is 6.42 Å². The zero-order valence-electron chi connectivity index (χ0n) is 13.4. The molecule has 0 radical (unpaired) electrons. The van der Waals surface area contributed by atoms with Crippen LogP contribution in [0.1, 0.15) is 12.8 Å². The van der Waals surface area contributed by atoms with E-state index in [1.807, 2.05) is 24.3 Å². The molecule has 1 heterocycles. The Morgan fingerprint density at radius 2 is 2.04 bits per heavy atom. The van der Waals surface area contributed by atoms with Gasteiger partial charge in [-0.3, -0.25) is 4.79 Å². The fourth-order valence-corrected chi connectivity index (χ4v) is 2.86. The van der Waals surface area contributed by atoms with Gasteiger partial charge in [-0.2, -0.15) is 0 Å². The van der Waals surface area contributed by atoms with Gasteiger partial charge in [0.25, 0.3) is 0 Å². The molecule has 134 valence electrons. The molecule has 9 heteroatoms. The van der Waals surface area contributed by atoms with E-state index in [2.05, 4.69) is 26.6 Å². The highest BCUT2D eigenvalue weighted by atomic mass is 79.9. The molecule has 0 aliphatic carbocycles. The van der Waals surface area contributed by atoms with Crippen molar-refractivity contribution in [3.05, 3.63) is 34.9 Å². The van der Waals surface area contributed by atoms with Crippen LogP contribution in [0.15, 0.2) is 34.9 Å². The number of nitrogens with two attached hydrogens (primary N) is 1. The number of urea groups is 1. The summed E-state index contributed by atoms with van der Waals surface area (Å²) >= 11 is 3.39. The predicted molar refractivity (Wildman–Crippen MR) is 96.0 cm³/mol. The lowest BCUT2D eigenvalue weighted by Crippen LogP contribution is -2.42. The molecule has 2 rings (SSSR count). The second-order valence-electron chi connectivity index (χ2n) is 5.54. The molecule has 1 aromatic heterocycles. The fraction of sp³-hybridized carbons (Fsp3) is 0.312. The van der Waals surface area contributed by atoms with E-state index in [4.69, 9.17) is 5.73 Å². The number of carbonyl (C=O) groups excluding carboxylic acids is 2. The summed E-state index contributed by atoms with van der Waals surface area (Å²) in [5, 5.41) is 15.1. The van der Waals surface area contributed by atoms with Crippen LogP contribution in [0.5, 0.6) is 0 Å². The molecule has 8 nitrogen and oxygen atoms in total. The third kappa shape index (κ3) is 5.49. The molecule has 0 unspecified atom stereocenters. The minimum absolute atomic E-state index is 0.0223. The number of halogens is 1. The second-order valence-corrected chi connectivity index (χ2v) is 6.45. The Kier molecular flexibility index (Phi) is 6.40. The third-order valence-corrected chi connectivity index (χ3v) is 4.14. The van der Waals surface area contributed by atoms with Gasteiger partial charge in [0.2, 0.25) is 5.91 Å². The Morgan fingerprint density at radius 3 is 2.72 bits per heavy atom. The molecule has 0 spiro atoms. The number of hydrogen-bond donors (Lipinski definition) is 4. The highest BCUT2D eigenvalue weighted by Gasteiger charge is 2.19. The van der Waals surface area contributed by atoms with Gasteiger partial charge in [0.1, 0.15) is 12.6 Å². The molecule has 0 fully saturated rings. The van der Waals surface area contributed by atoms with Gasteiger partial charge in [-0.1, -0.05) is 15.9 Å². The van der Waals surface area contributed by atoms with Gasteiger partial charge in [-0.15, -0.1) is 0 Å². The van der Waals surface area contributed by atoms with Gasteiger partial charge in [-0.25, -0.2) is 9.59 Å². The number of nitrogens with one attached hydrogen (secondary N) is 2. The molecule has 2 aromatic rings. The van der Waals surface area contributed by atoms with Gasteiger partial charge in [-0.05, 0) is 37.1 Å². The molecule has 25 heavy (non-hydrogen) atoms. The normalized spacial score (nSPS) is 11.9. The minimum atomic E-state index is -1.12. The number of primary amides is 1. The molecule has 0 saturated carbocycles. The summed E-state index contributed by atoms with van der Waals surface area (Å²) in [5.41, 5.74) is 5.82. The first-order valence-corrected chi connectivity index (χ1v) is 8.46. The third-order valence-electron chi connectivity index (χ3n) is 3.65. The number of carbonyl (C=O) groups is 3. The van der Waals surface area contributed by atoms with Crippen molar-refractivity contribution < 1.29 is 19.5 Å². The maximum absolute atomic E-state index is 12.2. The van der Waals surface area contributed by atoms with Gasteiger partial charge < -0.3 is 26.0 Å². The summed E-state index contributed by atoms with van der Waals surface area (Å²) in [6, 6.07) is 5.91. The van der Waals surface area contributed by atoms with Crippen molar-refractivity contribution in [3.8, 4) is 0 Å². The Balaban J connectivity index is 1.93. The molecule has 1 atom stereocenters. The number of carboxylic acid groups (broad SMARTS) is 1. The van der Waals surface area contributed by atoms with Crippen LogP contribution in [0.3, 0.4) is 0 Å². The topological polar surface area (TPSA) is 126 Å². The predicted octanol–water partition coefficient (Wildman–Crippen LogP) is 1.42. The monoisotopic (exact) mass is 410 g/mol. The van der Waals surface area contributed by atoms with Crippen molar-refractivity contribution in [2.75, 3.05) is 6.54 Å². The lowest BCUT2D eigenvalue weighted by Gasteiger charge is -2.15. The quantitative estimate of drug-likeness (QED) is 0.490. The van der Waals surface area contributed by atoms with Crippen LogP contribution in [0.2, 0.25) is 0 Å². The highest BCUT2D eigenvalue weighted by molar-refractivity contribution is 9.10. The summed E-state index contributed by atoms with van der Waals surface area (Å²) in [6.45, 7) is 0.278.